The lowest BCUT2D eigenvalue weighted by Crippen LogP contribution is -2.70. The van der Waals surface area contributed by atoms with Crippen LogP contribution in [0.25, 0.3) is 0 Å². The summed E-state index contributed by atoms with van der Waals surface area (Å²) >= 11 is 3.50. The third-order valence-electron chi connectivity index (χ3n) is 13.6. The first-order chi connectivity index (χ1) is 23.0. The molecular weight excluding hydrogens is 657 g/mol. The van der Waals surface area contributed by atoms with E-state index in [2.05, 4.69) is 27.7 Å². The normalized spacial score (nSPS) is 53.7. The van der Waals surface area contributed by atoms with Crippen LogP contribution in [0.5, 0.6) is 0 Å². The summed E-state index contributed by atoms with van der Waals surface area (Å²) < 4.78 is 32.0. The summed E-state index contributed by atoms with van der Waals surface area (Å²) in [6, 6.07) is 0. The molecule has 8 aliphatic heterocycles. The van der Waals surface area contributed by atoms with Crippen LogP contribution in [0.15, 0.2) is 0 Å². The van der Waals surface area contributed by atoms with E-state index in [4.69, 9.17) is 43.2 Å². The molecule has 2 saturated carbocycles. The third kappa shape index (κ3) is 5.64. The number of carbonyl (C=O) groups is 1. The van der Waals surface area contributed by atoms with E-state index in [-0.39, 0.29) is 22.8 Å². The summed E-state index contributed by atoms with van der Waals surface area (Å²) in [4.78, 5) is 37.2. The second-order valence-electron chi connectivity index (χ2n) is 16.6. The number of fused-ring (bicyclic) bond motifs is 4. The van der Waals surface area contributed by atoms with Crippen molar-refractivity contribution >= 4 is 29.5 Å². The number of carbonyl (C=O) groups excluding carboxylic acids is 1. The Kier molecular flexibility index (Phi) is 9.50. The van der Waals surface area contributed by atoms with Crippen LogP contribution in [0.4, 0.5) is 0 Å². The molecule has 0 aromatic heterocycles. The molecule has 2 spiro atoms. The first-order valence-corrected chi connectivity index (χ1v) is 20.9. The Morgan fingerprint density at radius 2 is 1.17 bits per heavy atom. The maximum Gasteiger partial charge on any atom is 0.306 e. The zero-order valence-electron chi connectivity index (χ0n) is 29.5. The molecule has 10 rings (SSSR count). The van der Waals surface area contributed by atoms with Crippen molar-refractivity contribution in [2.45, 2.75) is 152 Å². The Labute approximate surface area is 294 Å². The summed E-state index contributed by atoms with van der Waals surface area (Å²) in [7, 11) is 0. The van der Waals surface area contributed by atoms with Crippen molar-refractivity contribution in [3.63, 3.8) is 0 Å². The van der Waals surface area contributed by atoms with Gasteiger partial charge in [0.05, 0.1) is 13.0 Å². The number of thioether (sulfide) groups is 2. The number of rotatable bonds is 9. The molecule has 4 bridgehead atoms. The summed E-state index contributed by atoms with van der Waals surface area (Å²) in [5.74, 6) is 2.79. The van der Waals surface area contributed by atoms with Crippen molar-refractivity contribution in [2.75, 3.05) is 18.1 Å². The maximum atomic E-state index is 12.7. The summed E-state index contributed by atoms with van der Waals surface area (Å²) in [6.45, 7) is 13.6. The summed E-state index contributed by atoms with van der Waals surface area (Å²) in [6.07, 6.45) is 8.49. The molecule has 2 aliphatic carbocycles. The van der Waals surface area contributed by atoms with Crippen molar-refractivity contribution in [1.82, 2.24) is 0 Å². The lowest BCUT2D eigenvalue weighted by atomic mass is 9.58. The lowest BCUT2D eigenvalue weighted by Gasteiger charge is -2.60. The highest BCUT2D eigenvalue weighted by molar-refractivity contribution is 8.00. The molecule has 0 amide bonds. The van der Waals surface area contributed by atoms with Gasteiger partial charge in [0, 0.05) is 30.4 Å². The average Bonchev–Trinajstić information content (AvgIpc) is 3.43. The van der Waals surface area contributed by atoms with Crippen molar-refractivity contribution in [2.24, 2.45) is 47.3 Å². The van der Waals surface area contributed by atoms with Crippen molar-refractivity contribution in [1.29, 1.82) is 0 Å². The minimum absolute atomic E-state index is 0.00446. The summed E-state index contributed by atoms with van der Waals surface area (Å²) in [5, 5.41) is 0. The molecule has 0 aromatic rings. The fourth-order valence-electron chi connectivity index (χ4n) is 10.9. The van der Waals surface area contributed by atoms with Crippen LogP contribution in [-0.4, -0.2) is 70.3 Å². The second-order valence-corrected chi connectivity index (χ2v) is 19.0. The molecule has 8 heterocycles. The maximum absolute atomic E-state index is 12.7. The van der Waals surface area contributed by atoms with Crippen molar-refractivity contribution in [3.8, 4) is 0 Å². The molecule has 10 nitrogen and oxygen atoms in total. The quantitative estimate of drug-likeness (QED) is 0.137. The van der Waals surface area contributed by atoms with Gasteiger partial charge in [-0.15, -0.1) is 23.5 Å². The smallest absolute Gasteiger partial charge is 0.306 e. The lowest BCUT2D eigenvalue weighted by molar-refractivity contribution is -0.568. The van der Waals surface area contributed by atoms with Gasteiger partial charge in [-0.3, -0.25) is 4.79 Å². The van der Waals surface area contributed by atoms with E-state index in [1.807, 2.05) is 13.8 Å². The van der Waals surface area contributed by atoms with Crippen LogP contribution < -0.4 is 0 Å². The number of ether oxygens (including phenoxy) is 5. The van der Waals surface area contributed by atoms with Crippen LogP contribution in [0.3, 0.4) is 0 Å². The van der Waals surface area contributed by atoms with Crippen LogP contribution >= 0.6 is 23.5 Å². The Bertz CT molecular complexity index is 1210. The van der Waals surface area contributed by atoms with E-state index in [9.17, 15) is 4.79 Å². The van der Waals surface area contributed by atoms with Gasteiger partial charge in [0.2, 0.25) is 11.6 Å². The molecule has 0 radical (unpaired) electrons. The van der Waals surface area contributed by atoms with Gasteiger partial charge in [0.1, 0.15) is 10.9 Å². The second kappa shape index (κ2) is 13.1. The van der Waals surface area contributed by atoms with E-state index < -0.39 is 35.4 Å². The standard InChI is InChI=1S/C36H56O10S2/c1-20-8-10-26-22(3)29(39-31-35(26)24(20)12-15-33(5,41-31)43-45-35)47-18-7-17-38-28(37)14-19-48-30-23(4)27-11-9-21(2)25-13-16-34(6)42-32(40-30)36(25,27)46-44-34/h20-27,29-32H,7-19H2,1-6H3/t20-,21-,22-,23-,24+,25+,26+,27+,29+,30+,31-,32-,33?,34?,35-,36-/m1/s1. The van der Waals surface area contributed by atoms with Gasteiger partial charge >= 0.3 is 5.97 Å². The Morgan fingerprint density at radius 3 is 1.69 bits per heavy atom. The van der Waals surface area contributed by atoms with E-state index in [0.717, 1.165) is 50.7 Å². The highest BCUT2D eigenvalue weighted by atomic mass is 32.2. The molecule has 272 valence electrons. The van der Waals surface area contributed by atoms with Gasteiger partial charge in [0.15, 0.2) is 23.8 Å². The molecule has 2 unspecified atom stereocenters. The average molecular weight is 713 g/mol. The summed E-state index contributed by atoms with van der Waals surface area (Å²) in [5.41, 5.74) is -1.14. The van der Waals surface area contributed by atoms with E-state index in [0.29, 0.717) is 60.2 Å². The predicted molar refractivity (Wildman–Crippen MR) is 179 cm³/mol. The van der Waals surface area contributed by atoms with Crippen LogP contribution in [0.1, 0.15) is 106 Å². The predicted octanol–water partition coefficient (Wildman–Crippen LogP) is 7.19. The molecule has 0 N–H and O–H groups in total. The largest absolute Gasteiger partial charge is 0.466 e. The van der Waals surface area contributed by atoms with Gasteiger partial charge in [-0.1, -0.05) is 27.7 Å². The molecule has 10 fully saturated rings. The Hall–Kier alpha value is -0.150. The van der Waals surface area contributed by atoms with Gasteiger partial charge in [0.25, 0.3) is 0 Å². The van der Waals surface area contributed by atoms with E-state index >= 15 is 0 Å². The Morgan fingerprint density at radius 1 is 0.667 bits per heavy atom. The van der Waals surface area contributed by atoms with Gasteiger partial charge < -0.3 is 23.7 Å². The molecule has 8 saturated heterocycles. The first-order valence-electron chi connectivity index (χ1n) is 18.8. The van der Waals surface area contributed by atoms with Gasteiger partial charge in [-0.25, -0.2) is 19.6 Å². The number of esters is 1. The molecule has 10 aliphatic rings. The minimum atomic E-state index is -0.777. The van der Waals surface area contributed by atoms with Crippen LogP contribution in [0, 0.1) is 47.3 Å². The highest BCUT2D eigenvalue weighted by Crippen LogP contribution is 2.63. The SMILES string of the molecule is C[C@H]1[C@H](SCCCOC(=O)CCS[C@@H]2O[C@@H]3OC4(C)CC[C@H]5[C@H](C)CC[C@@H]([C@H]2C)[C@@]35OO4)O[C@@H]2OC3(C)CC[C@H]4[C@H](C)CC[C@@H]1[C@@]24OO3. The molecule has 16 atom stereocenters. The molecule has 12 heteroatoms. The molecule has 0 aromatic carbocycles. The molecular formula is C36H56O10S2. The molecule has 48 heavy (non-hydrogen) atoms. The van der Waals surface area contributed by atoms with Crippen LogP contribution in [0.2, 0.25) is 0 Å². The monoisotopic (exact) mass is 712 g/mol. The Balaban J connectivity index is 0.791. The third-order valence-corrected chi connectivity index (χ3v) is 16.3. The zero-order chi connectivity index (χ0) is 33.5. The fraction of sp³-hybridized carbons (Fsp3) is 0.972. The number of hydrogen-bond acceptors (Lipinski definition) is 12. The highest BCUT2D eigenvalue weighted by Gasteiger charge is 2.70. The zero-order valence-corrected chi connectivity index (χ0v) is 31.2. The van der Waals surface area contributed by atoms with E-state index in [1.54, 1.807) is 23.5 Å². The van der Waals surface area contributed by atoms with Gasteiger partial charge in [-0.2, -0.15) is 0 Å². The van der Waals surface area contributed by atoms with Gasteiger partial charge in [-0.05, 0) is 100 Å². The number of hydrogen-bond donors (Lipinski definition) is 0. The minimum Gasteiger partial charge on any atom is -0.466 e. The van der Waals surface area contributed by atoms with E-state index in [1.165, 1.54) is 12.8 Å². The van der Waals surface area contributed by atoms with Crippen LogP contribution in [-0.2, 0) is 48.0 Å². The van der Waals surface area contributed by atoms with Crippen molar-refractivity contribution in [3.05, 3.63) is 0 Å². The fourth-order valence-corrected chi connectivity index (χ4v) is 13.3. The first kappa shape index (κ1) is 34.9. The van der Waals surface area contributed by atoms with Crippen molar-refractivity contribution < 1.29 is 48.0 Å². The topological polar surface area (TPSA) is 100 Å².